The number of nitrogens with zero attached hydrogens (tertiary/aromatic N) is 4. The summed E-state index contributed by atoms with van der Waals surface area (Å²) in [5.41, 5.74) is 1.91. The molecule has 5 heteroatoms. The number of anilines is 1. The van der Waals surface area contributed by atoms with Crippen molar-refractivity contribution >= 4 is 11.7 Å². The number of hydrogen-bond donors (Lipinski definition) is 0. The van der Waals surface area contributed by atoms with E-state index >= 15 is 0 Å². The van der Waals surface area contributed by atoms with Crippen LogP contribution in [0.5, 0.6) is 0 Å². The van der Waals surface area contributed by atoms with Crippen molar-refractivity contribution < 1.29 is 4.79 Å². The molecule has 0 unspecified atom stereocenters. The first-order valence-corrected chi connectivity index (χ1v) is 9.01. The highest BCUT2D eigenvalue weighted by Crippen LogP contribution is 2.13. The molecule has 0 atom stereocenters. The van der Waals surface area contributed by atoms with Gasteiger partial charge in [0, 0.05) is 45.3 Å². The Bertz CT molecular complexity index is 637. The topological polar surface area (TPSA) is 49.3 Å². The number of likely N-dealkylation sites (N-methyl/N-ethyl adjacent to an activating group) is 1. The molecule has 2 aromatic heterocycles. The molecule has 0 aromatic carbocycles. The molecule has 0 aliphatic carbocycles. The molecular formula is C20H28N4O. The van der Waals surface area contributed by atoms with Gasteiger partial charge in [0.15, 0.2) is 0 Å². The third-order valence-corrected chi connectivity index (χ3v) is 4.15. The SMILES string of the molecule is CCCN(CCC)C(=O)c1ccc(N(C)CCc2ccncc2)nc1. The fourth-order valence-electron chi connectivity index (χ4n) is 2.74. The summed E-state index contributed by atoms with van der Waals surface area (Å²) in [6.07, 6.45) is 8.18. The Kier molecular flexibility index (Phi) is 7.38. The van der Waals surface area contributed by atoms with E-state index in [1.54, 1.807) is 6.20 Å². The monoisotopic (exact) mass is 340 g/mol. The molecule has 2 heterocycles. The number of hydrogen-bond acceptors (Lipinski definition) is 4. The molecule has 0 fully saturated rings. The fraction of sp³-hybridized carbons (Fsp3) is 0.450. The van der Waals surface area contributed by atoms with E-state index < -0.39 is 0 Å². The van der Waals surface area contributed by atoms with Crippen molar-refractivity contribution in [2.24, 2.45) is 0 Å². The zero-order valence-electron chi connectivity index (χ0n) is 15.5. The van der Waals surface area contributed by atoms with E-state index in [1.165, 1.54) is 5.56 Å². The van der Waals surface area contributed by atoms with Crippen LogP contribution in [0, 0.1) is 0 Å². The van der Waals surface area contributed by atoms with Crippen molar-refractivity contribution in [1.82, 2.24) is 14.9 Å². The maximum atomic E-state index is 12.6. The lowest BCUT2D eigenvalue weighted by molar-refractivity contribution is 0.0755. The van der Waals surface area contributed by atoms with Crippen LogP contribution in [0.4, 0.5) is 5.82 Å². The second-order valence-corrected chi connectivity index (χ2v) is 6.22. The quantitative estimate of drug-likeness (QED) is 0.702. The summed E-state index contributed by atoms with van der Waals surface area (Å²) in [5, 5.41) is 0. The normalized spacial score (nSPS) is 10.5. The minimum atomic E-state index is 0.0715. The second-order valence-electron chi connectivity index (χ2n) is 6.22. The Morgan fingerprint density at radius 1 is 1.00 bits per heavy atom. The first-order chi connectivity index (χ1) is 12.2. The smallest absolute Gasteiger partial charge is 0.255 e. The number of amides is 1. The zero-order valence-corrected chi connectivity index (χ0v) is 15.5. The molecule has 0 saturated carbocycles. The van der Waals surface area contributed by atoms with Crippen LogP contribution >= 0.6 is 0 Å². The van der Waals surface area contributed by atoms with Crippen LogP contribution < -0.4 is 4.90 Å². The Labute approximate surface area is 150 Å². The molecule has 0 N–H and O–H groups in total. The average Bonchev–Trinajstić information content (AvgIpc) is 2.66. The van der Waals surface area contributed by atoms with Gasteiger partial charge >= 0.3 is 0 Å². The Hall–Kier alpha value is -2.43. The summed E-state index contributed by atoms with van der Waals surface area (Å²) in [6, 6.07) is 7.86. The molecule has 2 rings (SSSR count). The fourth-order valence-corrected chi connectivity index (χ4v) is 2.74. The first-order valence-electron chi connectivity index (χ1n) is 9.01. The van der Waals surface area contributed by atoms with Crippen molar-refractivity contribution in [2.75, 3.05) is 31.6 Å². The lowest BCUT2D eigenvalue weighted by atomic mass is 10.2. The maximum absolute atomic E-state index is 12.6. The molecule has 0 aliphatic rings. The molecule has 0 spiro atoms. The summed E-state index contributed by atoms with van der Waals surface area (Å²) in [4.78, 5) is 25.1. The van der Waals surface area contributed by atoms with E-state index in [2.05, 4.69) is 28.7 Å². The van der Waals surface area contributed by atoms with Gasteiger partial charge in [-0.1, -0.05) is 13.8 Å². The van der Waals surface area contributed by atoms with Crippen LogP contribution in [0.15, 0.2) is 42.9 Å². The van der Waals surface area contributed by atoms with E-state index in [0.717, 1.165) is 44.7 Å². The summed E-state index contributed by atoms with van der Waals surface area (Å²) in [6.45, 7) is 6.63. The van der Waals surface area contributed by atoms with E-state index in [-0.39, 0.29) is 5.91 Å². The standard InChI is InChI=1S/C20H28N4O/c1-4-13-24(14-5-2)20(25)18-6-7-19(22-16-18)23(3)15-10-17-8-11-21-12-9-17/h6-9,11-12,16H,4-5,10,13-15H2,1-3H3. The number of pyridine rings is 2. The molecule has 5 nitrogen and oxygen atoms in total. The van der Waals surface area contributed by atoms with Gasteiger partial charge in [-0.15, -0.1) is 0 Å². The van der Waals surface area contributed by atoms with Crippen LogP contribution in [0.3, 0.4) is 0 Å². The first kappa shape index (κ1) is 18.9. The molecule has 0 aliphatic heterocycles. The van der Waals surface area contributed by atoms with Gasteiger partial charge in [0.1, 0.15) is 5.82 Å². The van der Waals surface area contributed by atoms with Crippen molar-refractivity contribution in [1.29, 1.82) is 0 Å². The van der Waals surface area contributed by atoms with Crippen LogP contribution in [-0.4, -0.2) is 47.5 Å². The molecule has 1 amide bonds. The summed E-state index contributed by atoms with van der Waals surface area (Å²) < 4.78 is 0. The lowest BCUT2D eigenvalue weighted by Gasteiger charge is -2.22. The minimum absolute atomic E-state index is 0.0715. The Morgan fingerprint density at radius 3 is 2.24 bits per heavy atom. The molecular weight excluding hydrogens is 312 g/mol. The third-order valence-electron chi connectivity index (χ3n) is 4.15. The Balaban J connectivity index is 1.97. The predicted molar refractivity (Wildman–Crippen MR) is 102 cm³/mol. The van der Waals surface area contributed by atoms with Gasteiger partial charge in [0.05, 0.1) is 5.56 Å². The third kappa shape index (κ3) is 5.55. The van der Waals surface area contributed by atoms with E-state index in [0.29, 0.717) is 5.56 Å². The molecule has 2 aromatic rings. The van der Waals surface area contributed by atoms with Crippen LogP contribution in [0.2, 0.25) is 0 Å². The Morgan fingerprint density at radius 2 is 1.68 bits per heavy atom. The van der Waals surface area contributed by atoms with Crippen molar-refractivity contribution in [3.05, 3.63) is 54.0 Å². The summed E-state index contributed by atoms with van der Waals surface area (Å²) >= 11 is 0. The van der Waals surface area contributed by atoms with Gasteiger partial charge in [-0.05, 0) is 49.1 Å². The average molecular weight is 340 g/mol. The van der Waals surface area contributed by atoms with Crippen LogP contribution in [0.1, 0.15) is 42.6 Å². The molecule has 134 valence electrons. The summed E-state index contributed by atoms with van der Waals surface area (Å²) in [7, 11) is 2.02. The van der Waals surface area contributed by atoms with Crippen LogP contribution in [0.25, 0.3) is 0 Å². The molecule has 0 saturated heterocycles. The van der Waals surface area contributed by atoms with Gasteiger partial charge in [-0.25, -0.2) is 4.98 Å². The number of rotatable bonds is 9. The molecule has 0 radical (unpaired) electrons. The van der Waals surface area contributed by atoms with E-state index in [1.807, 2.05) is 48.6 Å². The van der Waals surface area contributed by atoms with Crippen molar-refractivity contribution in [3.63, 3.8) is 0 Å². The maximum Gasteiger partial charge on any atom is 0.255 e. The highest BCUT2D eigenvalue weighted by Gasteiger charge is 2.15. The van der Waals surface area contributed by atoms with Gasteiger partial charge < -0.3 is 9.80 Å². The summed E-state index contributed by atoms with van der Waals surface area (Å²) in [5.74, 6) is 0.949. The van der Waals surface area contributed by atoms with Crippen LogP contribution in [-0.2, 0) is 6.42 Å². The van der Waals surface area contributed by atoms with Crippen molar-refractivity contribution in [3.8, 4) is 0 Å². The van der Waals surface area contributed by atoms with E-state index in [4.69, 9.17) is 0 Å². The number of aromatic nitrogens is 2. The largest absolute Gasteiger partial charge is 0.359 e. The van der Waals surface area contributed by atoms with Crippen molar-refractivity contribution in [2.45, 2.75) is 33.1 Å². The van der Waals surface area contributed by atoms with E-state index in [9.17, 15) is 4.79 Å². The minimum Gasteiger partial charge on any atom is -0.359 e. The molecule has 25 heavy (non-hydrogen) atoms. The van der Waals surface area contributed by atoms with Gasteiger partial charge in [0.25, 0.3) is 5.91 Å². The lowest BCUT2D eigenvalue weighted by Crippen LogP contribution is -2.32. The molecule has 0 bridgehead atoms. The van der Waals surface area contributed by atoms with Gasteiger partial charge in [0.2, 0.25) is 0 Å². The second kappa shape index (κ2) is 9.77. The van der Waals surface area contributed by atoms with Gasteiger partial charge in [-0.3, -0.25) is 9.78 Å². The van der Waals surface area contributed by atoms with Gasteiger partial charge in [-0.2, -0.15) is 0 Å². The number of carbonyl (C=O) groups excluding carboxylic acids is 1. The highest BCUT2D eigenvalue weighted by molar-refractivity contribution is 5.94. The highest BCUT2D eigenvalue weighted by atomic mass is 16.2. The zero-order chi connectivity index (χ0) is 18.1. The number of carbonyl (C=O) groups is 1. The predicted octanol–water partition coefficient (Wildman–Crippen LogP) is 3.42.